The summed E-state index contributed by atoms with van der Waals surface area (Å²) in [5.74, 6) is 0.176. The molecule has 0 aliphatic carbocycles. The van der Waals surface area contributed by atoms with Crippen LogP contribution in [0.1, 0.15) is 17.5 Å². The molecule has 0 spiro atoms. The van der Waals surface area contributed by atoms with Crippen LogP contribution in [0.4, 0.5) is 5.69 Å². The Morgan fingerprint density at radius 2 is 2.14 bits per heavy atom. The molecule has 1 amide bonds. The molecule has 0 unspecified atom stereocenters. The summed E-state index contributed by atoms with van der Waals surface area (Å²) in [6.07, 6.45) is 4.83. The molecule has 3 rings (SSSR count). The number of hydrogen-bond acceptors (Lipinski definition) is 3. The monoisotopic (exact) mass is 281 g/mol. The second-order valence-electron chi connectivity index (χ2n) is 5.21. The number of rotatable bonds is 3. The Hall–Kier alpha value is -2.20. The van der Waals surface area contributed by atoms with Gasteiger partial charge in [0.05, 0.1) is 0 Å². The van der Waals surface area contributed by atoms with Crippen molar-refractivity contribution in [1.29, 1.82) is 0 Å². The highest BCUT2D eigenvalue weighted by atomic mass is 16.2. The van der Waals surface area contributed by atoms with Gasteiger partial charge in [0.2, 0.25) is 5.91 Å². The molecule has 1 N–H and O–H groups in total. The standard InChI is InChI=1S/C17H19N3O/c21-17(8-7-14-4-3-9-18-12-14)20-11-10-19-13-15-5-1-2-6-16(15)20/h1-6,9,12,19H,7-8,10-11,13H2. The van der Waals surface area contributed by atoms with Gasteiger partial charge in [-0.1, -0.05) is 24.3 Å². The first kappa shape index (κ1) is 13.8. The number of carbonyl (C=O) groups excluding carboxylic acids is 1. The van der Waals surface area contributed by atoms with E-state index < -0.39 is 0 Å². The van der Waals surface area contributed by atoms with Crippen molar-refractivity contribution in [2.24, 2.45) is 0 Å². The zero-order valence-electron chi connectivity index (χ0n) is 12.0. The van der Waals surface area contributed by atoms with Gasteiger partial charge in [0.25, 0.3) is 0 Å². The minimum absolute atomic E-state index is 0.176. The third-order valence-corrected chi connectivity index (χ3v) is 3.76. The molecule has 1 aromatic heterocycles. The van der Waals surface area contributed by atoms with Crippen molar-refractivity contribution < 1.29 is 4.79 Å². The van der Waals surface area contributed by atoms with Crippen molar-refractivity contribution in [3.8, 4) is 0 Å². The van der Waals surface area contributed by atoms with E-state index in [1.165, 1.54) is 5.56 Å². The number of nitrogens with zero attached hydrogens (tertiary/aromatic N) is 2. The van der Waals surface area contributed by atoms with Crippen molar-refractivity contribution in [2.45, 2.75) is 19.4 Å². The third kappa shape index (κ3) is 3.28. The summed E-state index contributed by atoms with van der Waals surface area (Å²) in [7, 11) is 0. The highest BCUT2D eigenvalue weighted by Gasteiger charge is 2.20. The molecule has 0 saturated heterocycles. The maximum absolute atomic E-state index is 12.6. The molecule has 0 radical (unpaired) electrons. The van der Waals surface area contributed by atoms with Gasteiger partial charge in [-0.25, -0.2) is 0 Å². The molecule has 0 bridgehead atoms. The number of para-hydroxylation sites is 1. The predicted octanol–water partition coefficient (Wildman–Crippen LogP) is 2.15. The van der Waals surface area contributed by atoms with Crippen LogP contribution in [0, 0.1) is 0 Å². The zero-order chi connectivity index (χ0) is 14.5. The molecular formula is C17H19N3O. The maximum atomic E-state index is 12.6. The number of amides is 1. The Kier molecular flexibility index (Phi) is 4.26. The highest BCUT2D eigenvalue weighted by Crippen LogP contribution is 2.23. The van der Waals surface area contributed by atoms with Crippen LogP contribution in [0.3, 0.4) is 0 Å². The average Bonchev–Trinajstić information content (AvgIpc) is 2.76. The molecule has 0 atom stereocenters. The summed E-state index contributed by atoms with van der Waals surface area (Å²) < 4.78 is 0. The number of aromatic nitrogens is 1. The molecule has 1 aromatic carbocycles. The van der Waals surface area contributed by atoms with Gasteiger partial charge in [-0.3, -0.25) is 9.78 Å². The van der Waals surface area contributed by atoms with Gasteiger partial charge < -0.3 is 10.2 Å². The van der Waals surface area contributed by atoms with E-state index in [4.69, 9.17) is 0 Å². The van der Waals surface area contributed by atoms with E-state index in [-0.39, 0.29) is 5.91 Å². The van der Waals surface area contributed by atoms with Crippen molar-refractivity contribution in [1.82, 2.24) is 10.3 Å². The van der Waals surface area contributed by atoms with Crippen molar-refractivity contribution in [2.75, 3.05) is 18.0 Å². The largest absolute Gasteiger partial charge is 0.311 e. The molecular weight excluding hydrogens is 262 g/mol. The van der Waals surface area contributed by atoms with Gasteiger partial charge in [0.15, 0.2) is 0 Å². The smallest absolute Gasteiger partial charge is 0.227 e. The van der Waals surface area contributed by atoms with Gasteiger partial charge in [-0.05, 0) is 29.7 Å². The summed E-state index contributed by atoms with van der Waals surface area (Å²) in [4.78, 5) is 18.6. The predicted molar refractivity (Wildman–Crippen MR) is 83.1 cm³/mol. The average molecular weight is 281 g/mol. The number of carbonyl (C=O) groups is 1. The van der Waals surface area contributed by atoms with Gasteiger partial charge >= 0.3 is 0 Å². The quantitative estimate of drug-likeness (QED) is 0.937. The summed E-state index contributed by atoms with van der Waals surface area (Å²) in [5, 5.41) is 3.36. The van der Waals surface area contributed by atoms with E-state index in [2.05, 4.69) is 16.4 Å². The molecule has 1 aliphatic rings. The normalized spacial score (nSPS) is 14.4. The molecule has 108 valence electrons. The van der Waals surface area contributed by atoms with Crippen LogP contribution in [0.2, 0.25) is 0 Å². The van der Waals surface area contributed by atoms with Crippen LogP contribution in [0.25, 0.3) is 0 Å². The molecule has 1 aliphatic heterocycles. The first-order chi connectivity index (χ1) is 10.3. The van der Waals surface area contributed by atoms with E-state index in [1.54, 1.807) is 6.20 Å². The summed E-state index contributed by atoms with van der Waals surface area (Å²) in [6, 6.07) is 12.0. The number of benzene rings is 1. The summed E-state index contributed by atoms with van der Waals surface area (Å²) in [6.45, 7) is 2.37. The Balaban J connectivity index is 1.72. The third-order valence-electron chi connectivity index (χ3n) is 3.76. The first-order valence-corrected chi connectivity index (χ1v) is 7.32. The lowest BCUT2D eigenvalue weighted by Gasteiger charge is -2.22. The van der Waals surface area contributed by atoms with E-state index >= 15 is 0 Å². The van der Waals surface area contributed by atoms with Crippen LogP contribution in [-0.2, 0) is 17.8 Å². The van der Waals surface area contributed by atoms with Gasteiger partial charge in [-0.2, -0.15) is 0 Å². The maximum Gasteiger partial charge on any atom is 0.227 e. The second kappa shape index (κ2) is 6.50. The fraction of sp³-hybridized carbons (Fsp3) is 0.294. The van der Waals surface area contributed by atoms with Crippen LogP contribution in [0.15, 0.2) is 48.8 Å². The molecule has 0 fully saturated rings. The molecule has 4 nitrogen and oxygen atoms in total. The lowest BCUT2D eigenvalue weighted by atomic mass is 10.1. The fourth-order valence-corrected chi connectivity index (χ4v) is 2.65. The highest BCUT2D eigenvalue weighted by molar-refractivity contribution is 5.94. The molecule has 0 saturated carbocycles. The van der Waals surface area contributed by atoms with E-state index in [1.807, 2.05) is 41.4 Å². The SMILES string of the molecule is O=C(CCc1cccnc1)N1CCNCc2ccccc21. The number of aryl methyl sites for hydroxylation is 1. The Labute approximate surface area is 124 Å². The lowest BCUT2D eigenvalue weighted by Crippen LogP contribution is -2.34. The molecule has 21 heavy (non-hydrogen) atoms. The Morgan fingerprint density at radius 1 is 1.24 bits per heavy atom. The van der Waals surface area contributed by atoms with Crippen LogP contribution >= 0.6 is 0 Å². The number of nitrogens with one attached hydrogen (secondary N) is 1. The minimum Gasteiger partial charge on any atom is -0.311 e. The second-order valence-corrected chi connectivity index (χ2v) is 5.21. The molecule has 2 heterocycles. The molecule has 2 aromatic rings. The Bertz CT molecular complexity index is 612. The number of anilines is 1. The summed E-state index contributed by atoms with van der Waals surface area (Å²) >= 11 is 0. The van der Waals surface area contributed by atoms with Crippen LogP contribution < -0.4 is 10.2 Å². The van der Waals surface area contributed by atoms with Gasteiger partial charge in [0.1, 0.15) is 0 Å². The summed E-state index contributed by atoms with van der Waals surface area (Å²) in [5.41, 5.74) is 3.33. The van der Waals surface area contributed by atoms with Crippen LogP contribution in [0.5, 0.6) is 0 Å². The van der Waals surface area contributed by atoms with Crippen LogP contribution in [-0.4, -0.2) is 24.0 Å². The first-order valence-electron chi connectivity index (χ1n) is 7.32. The van der Waals surface area contributed by atoms with Crippen molar-refractivity contribution >= 4 is 11.6 Å². The minimum atomic E-state index is 0.176. The zero-order valence-corrected chi connectivity index (χ0v) is 12.0. The van der Waals surface area contributed by atoms with E-state index in [9.17, 15) is 4.79 Å². The van der Waals surface area contributed by atoms with Gasteiger partial charge in [-0.15, -0.1) is 0 Å². The van der Waals surface area contributed by atoms with E-state index in [0.29, 0.717) is 6.42 Å². The van der Waals surface area contributed by atoms with Gasteiger partial charge in [0, 0.05) is 44.1 Å². The molecule has 4 heteroatoms. The number of pyridine rings is 1. The van der Waals surface area contributed by atoms with Crippen molar-refractivity contribution in [3.05, 3.63) is 59.9 Å². The lowest BCUT2D eigenvalue weighted by molar-refractivity contribution is -0.118. The number of hydrogen-bond donors (Lipinski definition) is 1. The Morgan fingerprint density at radius 3 is 3.00 bits per heavy atom. The van der Waals surface area contributed by atoms with E-state index in [0.717, 1.165) is 37.3 Å². The topological polar surface area (TPSA) is 45.2 Å². The fourth-order valence-electron chi connectivity index (χ4n) is 2.65. The number of fused-ring (bicyclic) bond motifs is 1. The van der Waals surface area contributed by atoms with Crippen molar-refractivity contribution in [3.63, 3.8) is 0 Å².